The summed E-state index contributed by atoms with van der Waals surface area (Å²) < 4.78 is 19.4. The van der Waals surface area contributed by atoms with E-state index in [1.54, 1.807) is 31.4 Å². The first-order valence-electron chi connectivity index (χ1n) is 13.6. The minimum absolute atomic E-state index is 0.0153. The summed E-state index contributed by atoms with van der Waals surface area (Å²) in [6.07, 6.45) is 6.34. The number of hydrogen-bond donors (Lipinski definition) is 1. The largest absolute Gasteiger partial charge is 0.493 e. The van der Waals surface area contributed by atoms with Crippen LogP contribution in [0.4, 0.5) is 0 Å². The molecule has 0 aliphatic heterocycles. The molecular weight excluding hydrogens is 526 g/mol. The lowest BCUT2D eigenvalue weighted by Gasteiger charge is -2.14. The van der Waals surface area contributed by atoms with Crippen molar-refractivity contribution in [3.63, 3.8) is 0 Å². The summed E-state index contributed by atoms with van der Waals surface area (Å²) in [6, 6.07) is 21.1. The zero-order valence-corrected chi connectivity index (χ0v) is 23.7. The number of unbranched alkanes of at least 4 members (excludes halogenated alkanes) is 2. The fraction of sp³-hybridized carbons (Fsp3) is 0.312. The number of nitrogens with one attached hydrogen (secondary N) is 1. The van der Waals surface area contributed by atoms with Gasteiger partial charge in [-0.2, -0.15) is 0 Å². The number of rotatable bonds is 16. The van der Waals surface area contributed by atoms with E-state index in [-0.39, 0.29) is 12.5 Å². The van der Waals surface area contributed by atoms with Crippen LogP contribution in [-0.2, 0) is 24.2 Å². The van der Waals surface area contributed by atoms with Crippen LogP contribution in [0.2, 0.25) is 5.02 Å². The number of carbonyl (C=O) groups excluding carboxylic acids is 1. The molecule has 0 radical (unpaired) electrons. The van der Waals surface area contributed by atoms with Gasteiger partial charge in [0.1, 0.15) is 18.2 Å². The molecule has 0 aliphatic rings. The van der Waals surface area contributed by atoms with Gasteiger partial charge in [-0.05, 0) is 73.4 Å². The van der Waals surface area contributed by atoms with Crippen molar-refractivity contribution in [3.8, 4) is 17.2 Å². The molecule has 4 aromatic rings. The zero-order valence-electron chi connectivity index (χ0n) is 22.9. The number of imidazole rings is 1. The molecule has 0 spiro atoms. The Balaban J connectivity index is 1.23. The maximum atomic E-state index is 12.1. The Morgan fingerprint density at radius 2 is 1.85 bits per heavy atom. The van der Waals surface area contributed by atoms with E-state index in [4.69, 9.17) is 30.8 Å². The molecule has 3 aromatic carbocycles. The number of benzene rings is 3. The van der Waals surface area contributed by atoms with Crippen LogP contribution in [0.3, 0.4) is 0 Å². The molecule has 0 unspecified atom stereocenters. The van der Waals surface area contributed by atoms with E-state index >= 15 is 0 Å². The molecule has 1 amide bonds. The van der Waals surface area contributed by atoms with Gasteiger partial charge in [-0.1, -0.05) is 42.3 Å². The molecule has 1 aromatic heterocycles. The van der Waals surface area contributed by atoms with Gasteiger partial charge in [-0.25, -0.2) is 4.98 Å². The highest BCUT2D eigenvalue weighted by molar-refractivity contribution is 6.30. The number of aryl methyl sites for hydroxylation is 1. The van der Waals surface area contributed by atoms with E-state index in [2.05, 4.69) is 22.5 Å². The van der Waals surface area contributed by atoms with Gasteiger partial charge in [-0.15, -0.1) is 6.58 Å². The molecule has 0 fully saturated rings. The Morgan fingerprint density at radius 3 is 2.65 bits per heavy atom. The summed E-state index contributed by atoms with van der Waals surface area (Å²) in [5.74, 6) is 2.97. The van der Waals surface area contributed by atoms with Gasteiger partial charge in [-0.3, -0.25) is 4.79 Å². The molecule has 1 N–H and O–H groups in total. The predicted octanol–water partition coefficient (Wildman–Crippen LogP) is 6.41. The summed E-state index contributed by atoms with van der Waals surface area (Å²) in [5.41, 5.74) is 3.21. The SMILES string of the molecule is C=CCc1ccc(OCCn2c(CCCCCNC(=O)COc3ccc(Cl)cc3)nc3ccccc32)c(OC)c1. The number of methoxy groups -OCH3 is 1. The molecular formula is C32H36ClN3O4. The molecule has 4 rings (SSSR count). The van der Waals surface area contributed by atoms with Gasteiger partial charge in [0.15, 0.2) is 18.1 Å². The van der Waals surface area contributed by atoms with Crippen LogP contribution in [0, 0.1) is 0 Å². The maximum absolute atomic E-state index is 12.1. The third-order valence-electron chi connectivity index (χ3n) is 6.50. The van der Waals surface area contributed by atoms with Crippen LogP contribution < -0.4 is 19.5 Å². The standard InChI is InChI=1S/C32H36ClN3O4/c1-3-9-24-13-18-29(30(22-24)38-2)39-21-20-36-28-11-7-6-10-27(28)35-31(36)12-5-4-8-19-34-32(37)23-40-26-16-14-25(33)15-17-26/h3,6-7,10-11,13-18,22H,1,4-5,8-9,12,19-21,23H2,2H3,(H,34,37). The second kappa shape index (κ2) is 15.0. The van der Waals surface area contributed by atoms with E-state index in [0.717, 1.165) is 66.0 Å². The number of halogens is 1. The van der Waals surface area contributed by atoms with Gasteiger partial charge < -0.3 is 24.1 Å². The number of hydrogen-bond acceptors (Lipinski definition) is 5. The third-order valence-corrected chi connectivity index (χ3v) is 6.75. The highest BCUT2D eigenvalue weighted by atomic mass is 35.5. The second-order valence-electron chi connectivity index (χ2n) is 9.40. The number of carbonyl (C=O) groups is 1. The van der Waals surface area contributed by atoms with Gasteiger partial charge in [0.25, 0.3) is 5.91 Å². The fourth-order valence-corrected chi connectivity index (χ4v) is 4.61. The lowest BCUT2D eigenvalue weighted by atomic mass is 10.1. The summed E-state index contributed by atoms with van der Waals surface area (Å²) in [5, 5.41) is 3.55. The second-order valence-corrected chi connectivity index (χ2v) is 9.83. The zero-order chi connectivity index (χ0) is 28.2. The smallest absolute Gasteiger partial charge is 0.257 e. The number of amides is 1. The summed E-state index contributed by atoms with van der Waals surface area (Å²) in [6.45, 7) is 5.57. The Labute approximate surface area is 240 Å². The van der Waals surface area contributed by atoms with Crippen LogP contribution in [0.5, 0.6) is 17.2 Å². The summed E-state index contributed by atoms with van der Waals surface area (Å²) in [7, 11) is 1.65. The average Bonchev–Trinajstić information content (AvgIpc) is 3.32. The van der Waals surface area contributed by atoms with Gasteiger partial charge in [0.05, 0.1) is 24.7 Å². The van der Waals surface area contributed by atoms with Gasteiger partial charge >= 0.3 is 0 Å². The van der Waals surface area contributed by atoms with Crippen molar-refractivity contribution < 1.29 is 19.0 Å². The van der Waals surface area contributed by atoms with E-state index in [0.29, 0.717) is 30.5 Å². The molecule has 210 valence electrons. The number of aromatic nitrogens is 2. The summed E-state index contributed by atoms with van der Waals surface area (Å²) in [4.78, 5) is 17.0. The average molecular weight is 562 g/mol. The lowest BCUT2D eigenvalue weighted by molar-refractivity contribution is -0.123. The van der Waals surface area contributed by atoms with Crippen molar-refractivity contribution in [2.45, 2.75) is 38.6 Å². The van der Waals surface area contributed by atoms with Crippen LogP contribution >= 0.6 is 11.6 Å². The molecule has 8 heteroatoms. The highest BCUT2D eigenvalue weighted by Crippen LogP contribution is 2.28. The number of fused-ring (bicyclic) bond motifs is 1. The molecule has 40 heavy (non-hydrogen) atoms. The predicted molar refractivity (Wildman–Crippen MR) is 160 cm³/mol. The molecule has 0 saturated heterocycles. The monoisotopic (exact) mass is 561 g/mol. The Bertz CT molecular complexity index is 1400. The van der Waals surface area contributed by atoms with Crippen LogP contribution in [0.25, 0.3) is 11.0 Å². The van der Waals surface area contributed by atoms with Crippen molar-refractivity contribution >= 4 is 28.5 Å². The first kappa shape index (κ1) is 29.0. The third kappa shape index (κ3) is 8.26. The fourth-order valence-electron chi connectivity index (χ4n) is 4.48. The van der Waals surface area contributed by atoms with E-state index in [1.807, 2.05) is 42.5 Å². The van der Waals surface area contributed by atoms with Gasteiger partial charge in [0, 0.05) is 18.0 Å². The minimum atomic E-state index is -0.135. The van der Waals surface area contributed by atoms with Crippen molar-refractivity contribution in [2.75, 3.05) is 26.9 Å². The molecule has 0 atom stereocenters. The molecule has 0 saturated carbocycles. The Kier molecular flexibility index (Phi) is 10.9. The summed E-state index contributed by atoms with van der Waals surface area (Å²) >= 11 is 5.87. The quantitative estimate of drug-likeness (QED) is 0.126. The molecule has 0 aliphatic carbocycles. The molecule has 1 heterocycles. The van der Waals surface area contributed by atoms with Crippen molar-refractivity contribution in [1.29, 1.82) is 0 Å². The van der Waals surface area contributed by atoms with Crippen molar-refractivity contribution in [3.05, 3.63) is 95.8 Å². The highest BCUT2D eigenvalue weighted by Gasteiger charge is 2.12. The van der Waals surface area contributed by atoms with Crippen molar-refractivity contribution in [1.82, 2.24) is 14.9 Å². The Morgan fingerprint density at radius 1 is 1.02 bits per heavy atom. The van der Waals surface area contributed by atoms with Crippen LogP contribution in [-0.4, -0.2) is 42.3 Å². The Hall–Kier alpha value is -3.97. The molecule has 7 nitrogen and oxygen atoms in total. The van der Waals surface area contributed by atoms with Crippen LogP contribution in [0.1, 0.15) is 30.7 Å². The minimum Gasteiger partial charge on any atom is -0.493 e. The van der Waals surface area contributed by atoms with Gasteiger partial charge in [0.2, 0.25) is 0 Å². The van der Waals surface area contributed by atoms with E-state index in [9.17, 15) is 4.79 Å². The number of nitrogens with zero attached hydrogens (tertiary/aromatic N) is 2. The first-order chi connectivity index (χ1) is 19.6. The van der Waals surface area contributed by atoms with Crippen molar-refractivity contribution in [2.24, 2.45) is 0 Å². The number of ether oxygens (including phenoxy) is 3. The van der Waals surface area contributed by atoms with E-state index < -0.39 is 0 Å². The first-order valence-corrected chi connectivity index (χ1v) is 13.9. The van der Waals surface area contributed by atoms with Crippen LogP contribution in [0.15, 0.2) is 79.4 Å². The lowest BCUT2D eigenvalue weighted by Crippen LogP contribution is -2.29. The van der Waals surface area contributed by atoms with E-state index in [1.165, 1.54) is 0 Å². The number of para-hydroxylation sites is 2. The molecule has 0 bridgehead atoms. The topological polar surface area (TPSA) is 74.6 Å². The number of allylic oxidation sites excluding steroid dienone is 1. The normalized spacial score (nSPS) is 10.8. The maximum Gasteiger partial charge on any atom is 0.257 e.